The lowest BCUT2D eigenvalue weighted by molar-refractivity contribution is -0.106. The number of nitrogens with one attached hydrogen (secondary N) is 1. The van der Waals surface area contributed by atoms with Crippen molar-refractivity contribution in [1.82, 2.24) is 5.32 Å². The molecule has 1 aliphatic heterocycles. The number of aliphatic imine (C=N–C) groups is 1. The lowest BCUT2D eigenvalue weighted by atomic mass is 9.57. The van der Waals surface area contributed by atoms with Crippen molar-refractivity contribution in [3.63, 3.8) is 0 Å². The van der Waals surface area contributed by atoms with E-state index in [9.17, 15) is 0 Å². The maximum atomic E-state index is 6.10. The number of benzene rings is 1. The van der Waals surface area contributed by atoms with Crippen LogP contribution in [0.4, 0.5) is 0 Å². The highest BCUT2D eigenvalue weighted by atomic mass is 16.5. The fourth-order valence-corrected chi connectivity index (χ4v) is 3.98. The van der Waals surface area contributed by atoms with Crippen LogP contribution in [0.2, 0.25) is 0 Å². The normalized spacial score (nSPS) is 28.0. The van der Waals surface area contributed by atoms with Crippen molar-refractivity contribution in [2.24, 2.45) is 22.1 Å². The molecule has 0 radical (unpaired) electrons. The van der Waals surface area contributed by atoms with Crippen LogP contribution in [0.1, 0.15) is 25.8 Å². The molecule has 1 aromatic carbocycles. The van der Waals surface area contributed by atoms with Crippen molar-refractivity contribution < 1.29 is 14.2 Å². The minimum atomic E-state index is 0.0879. The molecule has 3 N–H and O–H groups in total. The van der Waals surface area contributed by atoms with Gasteiger partial charge in [0.15, 0.2) is 17.5 Å². The number of guanidine groups is 1. The van der Waals surface area contributed by atoms with Gasteiger partial charge in [0.05, 0.1) is 26.9 Å². The molecular weight excluding hydrogens is 306 g/mol. The first-order valence-corrected chi connectivity index (χ1v) is 8.36. The number of methoxy groups -OCH3 is 2. The zero-order valence-corrected chi connectivity index (χ0v) is 14.8. The molecule has 3 atom stereocenters. The molecule has 3 rings (SSSR count). The van der Waals surface area contributed by atoms with Gasteiger partial charge in [0.1, 0.15) is 0 Å². The Morgan fingerprint density at radius 1 is 1.33 bits per heavy atom. The third-order valence-corrected chi connectivity index (χ3v) is 5.28. The maximum absolute atomic E-state index is 6.10. The lowest BCUT2D eigenvalue weighted by Crippen LogP contribution is -2.67. The summed E-state index contributed by atoms with van der Waals surface area (Å²) in [5.74, 6) is 2.42. The largest absolute Gasteiger partial charge is 0.493 e. The van der Waals surface area contributed by atoms with Crippen LogP contribution in [-0.2, 0) is 11.3 Å². The maximum Gasteiger partial charge on any atom is 0.189 e. The smallest absolute Gasteiger partial charge is 0.189 e. The van der Waals surface area contributed by atoms with E-state index in [1.165, 1.54) is 0 Å². The molecule has 132 valence electrons. The summed E-state index contributed by atoms with van der Waals surface area (Å²) in [5.41, 5.74) is 7.21. The molecule has 6 nitrogen and oxygen atoms in total. The first kappa shape index (κ1) is 16.9. The predicted octanol–water partition coefficient (Wildman–Crippen LogP) is 1.92. The first-order chi connectivity index (χ1) is 11.5. The van der Waals surface area contributed by atoms with Crippen LogP contribution in [0.15, 0.2) is 23.2 Å². The molecule has 1 heterocycles. The van der Waals surface area contributed by atoms with Crippen LogP contribution in [0.3, 0.4) is 0 Å². The van der Waals surface area contributed by atoms with Crippen molar-refractivity contribution in [2.75, 3.05) is 20.8 Å². The Morgan fingerprint density at radius 2 is 2.08 bits per heavy atom. The van der Waals surface area contributed by atoms with Crippen molar-refractivity contribution in [3.05, 3.63) is 23.8 Å². The second kappa shape index (κ2) is 6.51. The fourth-order valence-electron chi connectivity index (χ4n) is 3.98. The Hall–Kier alpha value is -1.95. The zero-order valence-electron chi connectivity index (χ0n) is 14.8. The molecule has 2 fully saturated rings. The average Bonchev–Trinajstić information content (AvgIpc) is 3.04. The van der Waals surface area contributed by atoms with E-state index < -0.39 is 0 Å². The van der Waals surface area contributed by atoms with Crippen molar-refractivity contribution in [3.8, 4) is 11.5 Å². The van der Waals surface area contributed by atoms with E-state index in [0.717, 1.165) is 18.6 Å². The summed E-state index contributed by atoms with van der Waals surface area (Å²) in [7, 11) is 3.25. The Labute approximate surface area is 143 Å². The molecular formula is C18H27N3O3. The molecule has 0 amide bonds. The molecule has 1 saturated carbocycles. The third kappa shape index (κ3) is 2.90. The molecule has 2 aliphatic rings. The molecule has 0 spiro atoms. The fraction of sp³-hybridized carbons (Fsp3) is 0.611. The van der Waals surface area contributed by atoms with Crippen molar-refractivity contribution in [1.29, 1.82) is 0 Å². The van der Waals surface area contributed by atoms with Gasteiger partial charge in [-0.3, -0.25) is 0 Å². The second-order valence-electron chi connectivity index (χ2n) is 7.08. The first-order valence-electron chi connectivity index (χ1n) is 8.36. The van der Waals surface area contributed by atoms with E-state index >= 15 is 0 Å². The summed E-state index contributed by atoms with van der Waals surface area (Å²) < 4.78 is 16.4. The van der Waals surface area contributed by atoms with Crippen LogP contribution in [0, 0.1) is 11.3 Å². The van der Waals surface area contributed by atoms with Gasteiger partial charge >= 0.3 is 0 Å². The average molecular weight is 333 g/mol. The quantitative estimate of drug-likeness (QED) is 0.636. The Balaban J connectivity index is 1.63. The highest BCUT2D eigenvalue weighted by molar-refractivity contribution is 5.78. The molecule has 1 aliphatic carbocycles. The summed E-state index contributed by atoms with van der Waals surface area (Å²) in [6.45, 7) is 5.79. The van der Waals surface area contributed by atoms with Crippen LogP contribution >= 0.6 is 0 Å². The molecule has 1 saturated heterocycles. The SMILES string of the molecule is COc1ccc(CN=C(N)NC2C3CCOC3C2(C)C)cc1OC. The number of fused-ring (bicyclic) bond motifs is 1. The van der Waals surface area contributed by atoms with Crippen LogP contribution in [0.25, 0.3) is 0 Å². The molecule has 6 heteroatoms. The van der Waals surface area contributed by atoms with Gasteiger partial charge in [-0.15, -0.1) is 0 Å². The van der Waals surface area contributed by atoms with Crippen LogP contribution in [-0.4, -0.2) is 38.9 Å². The van der Waals surface area contributed by atoms with E-state index in [1.807, 2.05) is 18.2 Å². The summed E-state index contributed by atoms with van der Waals surface area (Å²) in [6.07, 6.45) is 1.43. The van der Waals surface area contributed by atoms with Crippen molar-refractivity contribution >= 4 is 5.96 Å². The third-order valence-electron chi connectivity index (χ3n) is 5.28. The van der Waals surface area contributed by atoms with E-state index in [2.05, 4.69) is 24.2 Å². The van der Waals surface area contributed by atoms with Gasteiger partial charge in [0.25, 0.3) is 0 Å². The molecule has 0 bridgehead atoms. The monoisotopic (exact) mass is 333 g/mol. The Morgan fingerprint density at radius 3 is 2.79 bits per heavy atom. The molecule has 3 unspecified atom stereocenters. The highest BCUT2D eigenvalue weighted by Crippen LogP contribution is 2.51. The number of rotatable bonds is 5. The van der Waals surface area contributed by atoms with Gasteiger partial charge in [-0.05, 0) is 24.1 Å². The van der Waals surface area contributed by atoms with E-state index in [0.29, 0.717) is 42.1 Å². The Kier molecular flexibility index (Phi) is 4.58. The number of hydrogen-bond donors (Lipinski definition) is 2. The van der Waals surface area contributed by atoms with Gasteiger partial charge in [-0.2, -0.15) is 0 Å². The number of hydrogen-bond acceptors (Lipinski definition) is 4. The number of ether oxygens (including phenoxy) is 3. The predicted molar refractivity (Wildman–Crippen MR) is 93.4 cm³/mol. The van der Waals surface area contributed by atoms with Crippen LogP contribution in [0.5, 0.6) is 11.5 Å². The lowest BCUT2D eigenvalue weighted by Gasteiger charge is -2.54. The highest BCUT2D eigenvalue weighted by Gasteiger charge is 2.59. The van der Waals surface area contributed by atoms with Gasteiger partial charge in [0.2, 0.25) is 0 Å². The summed E-state index contributed by atoms with van der Waals surface area (Å²) >= 11 is 0. The Bertz CT molecular complexity index is 630. The van der Waals surface area contributed by atoms with Gasteiger partial charge in [-0.25, -0.2) is 4.99 Å². The summed E-state index contributed by atoms with van der Waals surface area (Å²) in [6, 6.07) is 6.08. The van der Waals surface area contributed by atoms with E-state index in [4.69, 9.17) is 19.9 Å². The summed E-state index contributed by atoms with van der Waals surface area (Å²) in [4.78, 5) is 4.47. The molecule has 1 aromatic rings. The van der Waals surface area contributed by atoms with Crippen LogP contribution < -0.4 is 20.5 Å². The summed E-state index contributed by atoms with van der Waals surface area (Å²) in [5, 5.41) is 3.39. The van der Waals surface area contributed by atoms with Gasteiger partial charge < -0.3 is 25.3 Å². The minimum Gasteiger partial charge on any atom is -0.493 e. The van der Waals surface area contributed by atoms with Gasteiger partial charge in [-0.1, -0.05) is 19.9 Å². The number of nitrogens with zero attached hydrogens (tertiary/aromatic N) is 1. The number of nitrogens with two attached hydrogens (primary N) is 1. The standard InChI is InChI=1S/C18H27N3O3/c1-18(2)15(12-7-8-24-16(12)18)21-17(19)20-10-11-5-6-13(22-3)14(9-11)23-4/h5-6,9,12,15-16H,7-8,10H2,1-4H3,(H3,19,20,21). The van der Waals surface area contributed by atoms with Gasteiger partial charge in [0, 0.05) is 24.0 Å². The van der Waals surface area contributed by atoms with E-state index in [-0.39, 0.29) is 5.41 Å². The van der Waals surface area contributed by atoms with E-state index in [1.54, 1.807) is 14.2 Å². The second-order valence-corrected chi connectivity index (χ2v) is 7.08. The topological polar surface area (TPSA) is 78.1 Å². The zero-order chi connectivity index (χ0) is 17.3. The molecule has 24 heavy (non-hydrogen) atoms. The molecule has 0 aromatic heterocycles. The van der Waals surface area contributed by atoms with Crippen molar-refractivity contribution in [2.45, 2.75) is 39.0 Å². The minimum absolute atomic E-state index is 0.0879.